The minimum Gasteiger partial charge on any atom is -0.423 e. The number of halogens is 1. The zero-order chi connectivity index (χ0) is 17.6. The fourth-order valence-corrected chi connectivity index (χ4v) is 2.42. The van der Waals surface area contributed by atoms with Crippen molar-refractivity contribution in [2.24, 2.45) is 4.99 Å². The third-order valence-electron chi connectivity index (χ3n) is 3.57. The van der Waals surface area contributed by atoms with Crippen molar-refractivity contribution in [2.45, 2.75) is 6.92 Å². The lowest BCUT2D eigenvalue weighted by Gasteiger charge is -2.05. The summed E-state index contributed by atoms with van der Waals surface area (Å²) in [7, 11) is 0. The average Bonchev–Trinajstić information content (AvgIpc) is 2.63. The number of aryl methyl sites for hydroxylation is 1. The first-order valence-electron chi connectivity index (χ1n) is 7.79. The van der Waals surface area contributed by atoms with E-state index in [0.29, 0.717) is 11.3 Å². The van der Waals surface area contributed by atoms with Gasteiger partial charge in [-0.2, -0.15) is 0 Å². The number of hydrogen-bond acceptors (Lipinski definition) is 3. The molecule has 0 aliphatic heterocycles. The molecule has 0 unspecified atom stereocenters. The molecule has 0 saturated heterocycles. The molecule has 0 atom stereocenters. The number of benzene rings is 3. The van der Waals surface area contributed by atoms with E-state index in [2.05, 4.69) is 20.9 Å². The van der Waals surface area contributed by atoms with Gasteiger partial charge in [-0.25, -0.2) is 4.79 Å². The molecular formula is C21H16BrNO2. The van der Waals surface area contributed by atoms with E-state index in [0.717, 1.165) is 21.3 Å². The summed E-state index contributed by atoms with van der Waals surface area (Å²) in [6, 6.07) is 22.3. The second-order valence-electron chi connectivity index (χ2n) is 5.56. The summed E-state index contributed by atoms with van der Waals surface area (Å²) in [5.41, 5.74) is 3.39. The Balaban J connectivity index is 1.66. The zero-order valence-corrected chi connectivity index (χ0v) is 15.2. The summed E-state index contributed by atoms with van der Waals surface area (Å²) < 4.78 is 6.38. The maximum Gasteiger partial charge on any atom is 0.343 e. The molecule has 0 aliphatic rings. The Morgan fingerprint density at radius 3 is 2.20 bits per heavy atom. The first kappa shape index (κ1) is 17.1. The van der Waals surface area contributed by atoms with Crippen LogP contribution in [0.2, 0.25) is 0 Å². The lowest BCUT2D eigenvalue weighted by atomic mass is 10.2. The topological polar surface area (TPSA) is 38.7 Å². The van der Waals surface area contributed by atoms with Gasteiger partial charge in [-0.15, -0.1) is 0 Å². The Labute approximate surface area is 155 Å². The second-order valence-corrected chi connectivity index (χ2v) is 6.47. The summed E-state index contributed by atoms with van der Waals surface area (Å²) >= 11 is 3.40. The van der Waals surface area contributed by atoms with Crippen LogP contribution in [0.3, 0.4) is 0 Å². The van der Waals surface area contributed by atoms with Crippen LogP contribution in [0.5, 0.6) is 5.75 Å². The summed E-state index contributed by atoms with van der Waals surface area (Å²) in [5.74, 6) is 0.153. The number of nitrogens with zero attached hydrogens (tertiary/aromatic N) is 1. The third-order valence-corrected chi connectivity index (χ3v) is 4.10. The van der Waals surface area contributed by atoms with E-state index in [1.165, 1.54) is 0 Å². The lowest BCUT2D eigenvalue weighted by molar-refractivity contribution is 0.0735. The fourth-order valence-electron chi connectivity index (χ4n) is 2.15. The predicted octanol–water partition coefficient (Wildman–Crippen LogP) is 5.73. The second kappa shape index (κ2) is 7.90. The number of carbonyl (C=O) groups excluding carboxylic acids is 1. The number of aliphatic imine (C=N–C) groups is 1. The summed E-state index contributed by atoms with van der Waals surface area (Å²) in [5, 5.41) is 0. The fraction of sp³-hybridized carbons (Fsp3) is 0.0476. The smallest absolute Gasteiger partial charge is 0.343 e. The van der Waals surface area contributed by atoms with Crippen molar-refractivity contribution in [1.82, 2.24) is 0 Å². The van der Waals surface area contributed by atoms with E-state index in [1.54, 1.807) is 42.6 Å². The minimum absolute atomic E-state index is 0.382. The van der Waals surface area contributed by atoms with Gasteiger partial charge in [0.1, 0.15) is 5.75 Å². The molecule has 0 radical (unpaired) electrons. The number of esters is 1. The van der Waals surface area contributed by atoms with Crippen LogP contribution in [0.4, 0.5) is 5.69 Å². The first-order chi connectivity index (χ1) is 12.1. The van der Waals surface area contributed by atoms with Crippen molar-refractivity contribution < 1.29 is 9.53 Å². The highest BCUT2D eigenvalue weighted by Gasteiger charge is 2.08. The van der Waals surface area contributed by atoms with Gasteiger partial charge in [-0.3, -0.25) is 4.99 Å². The van der Waals surface area contributed by atoms with Crippen molar-refractivity contribution in [1.29, 1.82) is 0 Å². The number of hydrogen-bond donors (Lipinski definition) is 0. The highest BCUT2D eigenvalue weighted by molar-refractivity contribution is 9.10. The van der Waals surface area contributed by atoms with Crippen LogP contribution in [0.25, 0.3) is 0 Å². The predicted molar refractivity (Wildman–Crippen MR) is 104 cm³/mol. The minimum atomic E-state index is -0.382. The van der Waals surface area contributed by atoms with Gasteiger partial charge in [0.25, 0.3) is 0 Å². The quantitative estimate of drug-likeness (QED) is 0.322. The van der Waals surface area contributed by atoms with Crippen molar-refractivity contribution in [3.63, 3.8) is 0 Å². The van der Waals surface area contributed by atoms with Crippen LogP contribution in [-0.4, -0.2) is 12.2 Å². The van der Waals surface area contributed by atoms with E-state index in [9.17, 15) is 4.79 Å². The van der Waals surface area contributed by atoms with Gasteiger partial charge in [0.05, 0.1) is 11.3 Å². The molecule has 3 aromatic carbocycles. The third kappa shape index (κ3) is 4.88. The molecule has 0 amide bonds. The summed E-state index contributed by atoms with van der Waals surface area (Å²) in [6.07, 6.45) is 1.78. The average molecular weight is 394 g/mol. The molecule has 0 aromatic heterocycles. The number of ether oxygens (including phenoxy) is 1. The molecule has 3 nitrogen and oxygen atoms in total. The number of carbonyl (C=O) groups is 1. The van der Waals surface area contributed by atoms with Gasteiger partial charge in [0, 0.05) is 10.7 Å². The zero-order valence-electron chi connectivity index (χ0n) is 13.6. The Kier molecular flexibility index (Phi) is 5.41. The SMILES string of the molecule is Cc1ccc(OC(=O)c2ccc(N=Cc3ccc(Br)cc3)cc2)cc1. The van der Waals surface area contributed by atoms with Crippen LogP contribution in [0.15, 0.2) is 82.3 Å². The van der Waals surface area contributed by atoms with Crippen molar-refractivity contribution in [3.8, 4) is 5.75 Å². The molecule has 0 spiro atoms. The highest BCUT2D eigenvalue weighted by atomic mass is 79.9. The Bertz CT molecular complexity index is 883. The van der Waals surface area contributed by atoms with Crippen LogP contribution >= 0.6 is 15.9 Å². The molecule has 0 fully saturated rings. The van der Waals surface area contributed by atoms with Crippen molar-refractivity contribution in [3.05, 3.63) is 94.0 Å². The Hall–Kier alpha value is -2.72. The van der Waals surface area contributed by atoms with Crippen LogP contribution in [0, 0.1) is 6.92 Å². The highest BCUT2D eigenvalue weighted by Crippen LogP contribution is 2.17. The molecular weight excluding hydrogens is 378 g/mol. The summed E-state index contributed by atoms with van der Waals surface area (Å²) in [4.78, 5) is 16.6. The molecule has 25 heavy (non-hydrogen) atoms. The van der Waals surface area contributed by atoms with Gasteiger partial charge < -0.3 is 4.74 Å². The van der Waals surface area contributed by atoms with Crippen LogP contribution < -0.4 is 4.74 Å². The molecule has 0 saturated carbocycles. The van der Waals surface area contributed by atoms with E-state index in [4.69, 9.17) is 4.74 Å². The summed E-state index contributed by atoms with van der Waals surface area (Å²) in [6.45, 7) is 1.99. The van der Waals surface area contributed by atoms with Crippen molar-refractivity contribution in [2.75, 3.05) is 0 Å². The maximum absolute atomic E-state index is 12.2. The standard InChI is InChI=1S/C21H16BrNO2/c1-15-2-12-20(13-3-15)25-21(24)17-6-10-19(11-7-17)23-14-16-4-8-18(22)9-5-16/h2-14H,1H3. The maximum atomic E-state index is 12.2. The van der Waals surface area contributed by atoms with E-state index < -0.39 is 0 Å². The van der Waals surface area contributed by atoms with Crippen LogP contribution in [0.1, 0.15) is 21.5 Å². The normalized spacial score (nSPS) is 10.8. The Morgan fingerprint density at radius 1 is 0.920 bits per heavy atom. The van der Waals surface area contributed by atoms with Gasteiger partial charge in [0.15, 0.2) is 0 Å². The molecule has 3 aromatic rings. The van der Waals surface area contributed by atoms with Gasteiger partial charge >= 0.3 is 5.97 Å². The lowest BCUT2D eigenvalue weighted by Crippen LogP contribution is -2.07. The molecule has 0 bridgehead atoms. The largest absolute Gasteiger partial charge is 0.423 e. The van der Waals surface area contributed by atoms with Crippen LogP contribution in [-0.2, 0) is 0 Å². The van der Waals surface area contributed by atoms with Gasteiger partial charge in [-0.1, -0.05) is 45.8 Å². The Morgan fingerprint density at radius 2 is 1.56 bits per heavy atom. The molecule has 3 rings (SSSR count). The van der Waals surface area contributed by atoms with E-state index in [-0.39, 0.29) is 5.97 Å². The van der Waals surface area contributed by atoms with E-state index >= 15 is 0 Å². The molecule has 0 N–H and O–H groups in total. The monoisotopic (exact) mass is 393 g/mol. The molecule has 0 heterocycles. The molecule has 0 aliphatic carbocycles. The number of rotatable bonds is 4. The first-order valence-corrected chi connectivity index (χ1v) is 8.58. The van der Waals surface area contributed by atoms with Gasteiger partial charge in [0.2, 0.25) is 0 Å². The van der Waals surface area contributed by atoms with E-state index in [1.807, 2.05) is 43.3 Å². The molecule has 124 valence electrons. The van der Waals surface area contributed by atoms with Gasteiger partial charge in [-0.05, 0) is 61.0 Å². The molecule has 4 heteroatoms. The van der Waals surface area contributed by atoms with Crippen molar-refractivity contribution >= 4 is 33.8 Å².